The number of nitrogens with one attached hydrogen (secondary N) is 1. The predicted molar refractivity (Wildman–Crippen MR) is 110 cm³/mol. The van der Waals surface area contributed by atoms with Gasteiger partial charge in [0.15, 0.2) is 0 Å². The van der Waals surface area contributed by atoms with E-state index < -0.39 is 0 Å². The van der Waals surface area contributed by atoms with Crippen LogP contribution in [0.25, 0.3) is 0 Å². The number of hydrogen-bond acceptors (Lipinski definition) is 4. The summed E-state index contributed by atoms with van der Waals surface area (Å²) in [5.74, 6) is 0.153. The normalized spacial score (nSPS) is 16.0. The SMILES string of the molecule is Cc1ccc(C)c(Cn2nc3n(c2=O)CCCC3C(=O)NCc2ccsc2)c1. The Bertz CT molecular complexity index is 1050. The molecular weight excluding hydrogens is 372 g/mol. The Balaban J connectivity index is 1.57. The van der Waals surface area contributed by atoms with Crippen LogP contribution in [0.3, 0.4) is 0 Å². The molecule has 0 bridgehead atoms. The summed E-state index contributed by atoms with van der Waals surface area (Å²) in [6.07, 6.45) is 1.52. The molecule has 146 valence electrons. The minimum absolute atomic E-state index is 0.0592. The number of carbonyl (C=O) groups is 1. The van der Waals surface area contributed by atoms with Gasteiger partial charge in [0.1, 0.15) is 5.82 Å². The Morgan fingerprint density at radius 2 is 2.18 bits per heavy atom. The van der Waals surface area contributed by atoms with Gasteiger partial charge in [-0.3, -0.25) is 9.36 Å². The van der Waals surface area contributed by atoms with Crippen LogP contribution in [-0.2, 0) is 24.4 Å². The number of benzene rings is 1. The van der Waals surface area contributed by atoms with Gasteiger partial charge in [0, 0.05) is 13.1 Å². The highest BCUT2D eigenvalue weighted by molar-refractivity contribution is 7.07. The molecule has 2 aromatic heterocycles. The van der Waals surface area contributed by atoms with Gasteiger partial charge in [-0.2, -0.15) is 16.4 Å². The fraction of sp³-hybridized carbons (Fsp3) is 0.381. The molecule has 6 nitrogen and oxygen atoms in total. The highest BCUT2D eigenvalue weighted by Crippen LogP contribution is 2.25. The highest BCUT2D eigenvalue weighted by atomic mass is 32.1. The Labute approximate surface area is 167 Å². The summed E-state index contributed by atoms with van der Waals surface area (Å²) in [6.45, 7) is 5.63. The molecule has 1 N–H and O–H groups in total. The van der Waals surface area contributed by atoms with Crippen LogP contribution in [0, 0.1) is 13.8 Å². The second-order valence-electron chi connectivity index (χ2n) is 7.42. The van der Waals surface area contributed by atoms with E-state index in [4.69, 9.17) is 0 Å². The average molecular weight is 397 g/mol. The lowest BCUT2D eigenvalue weighted by Gasteiger charge is -2.21. The zero-order valence-corrected chi connectivity index (χ0v) is 17.0. The Morgan fingerprint density at radius 1 is 1.32 bits per heavy atom. The van der Waals surface area contributed by atoms with Crippen molar-refractivity contribution in [3.05, 3.63) is 73.6 Å². The fourth-order valence-electron chi connectivity index (χ4n) is 3.70. The van der Waals surface area contributed by atoms with Gasteiger partial charge in [0.25, 0.3) is 0 Å². The molecule has 1 aliphatic rings. The van der Waals surface area contributed by atoms with Crippen molar-refractivity contribution in [2.75, 3.05) is 0 Å². The fourth-order valence-corrected chi connectivity index (χ4v) is 4.37. The molecule has 4 rings (SSSR count). The number of rotatable bonds is 5. The van der Waals surface area contributed by atoms with Crippen molar-refractivity contribution in [3.8, 4) is 0 Å². The van der Waals surface area contributed by atoms with E-state index in [0.29, 0.717) is 25.5 Å². The van der Waals surface area contributed by atoms with Gasteiger partial charge in [-0.1, -0.05) is 23.8 Å². The van der Waals surface area contributed by atoms with Crippen molar-refractivity contribution in [3.63, 3.8) is 0 Å². The first kappa shape index (κ1) is 18.7. The first-order valence-corrected chi connectivity index (χ1v) is 10.5. The summed E-state index contributed by atoms with van der Waals surface area (Å²) in [4.78, 5) is 25.6. The topological polar surface area (TPSA) is 68.9 Å². The van der Waals surface area contributed by atoms with Crippen LogP contribution >= 0.6 is 11.3 Å². The first-order valence-electron chi connectivity index (χ1n) is 9.55. The third-order valence-electron chi connectivity index (χ3n) is 5.33. The Morgan fingerprint density at radius 3 is 2.96 bits per heavy atom. The number of aromatic nitrogens is 3. The average Bonchev–Trinajstić information content (AvgIpc) is 3.31. The van der Waals surface area contributed by atoms with E-state index in [0.717, 1.165) is 35.1 Å². The molecule has 1 aliphatic heterocycles. The van der Waals surface area contributed by atoms with Crippen molar-refractivity contribution in [2.24, 2.45) is 0 Å². The summed E-state index contributed by atoms with van der Waals surface area (Å²) >= 11 is 1.61. The summed E-state index contributed by atoms with van der Waals surface area (Å²) < 4.78 is 3.17. The van der Waals surface area contributed by atoms with Gasteiger partial charge < -0.3 is 5.32 Å². The molecule has 3 heterocycles. The number of carbonyl (C=O) groups excluding carboxylic acids is 1. The van der Waals surface area contributed by atoms with Crippen LogP contribution in [0.4, 0.5) is 0 Å². The molecule has 0 spiro atoms. The third kappa shape index (κ3) is 3.67. The van der Waals surface area contributed by atoms with E-state index >= 15 is 0 Å². The molecular formula is C21H24N4O2S. The molecule has 0 saturated carbocycles. The van der Waals surface area contributed by atoms with Crippen LogP contribution in [-0.4, -0.2) is 20.3 Å². The Hall–Kier alpha value is -2.67. The number of amides is 1. The minimum atomic E-state index is -0.375. The molecule has 3 aromatic rings. The van der Waals surface area contributed by atoms with Crippen LogP contribution in [0.5, 0.6) is 0 Å². The van der Waals surface area contributed by atoms with Crippen LogP contribution in [0.2, 0.25) is 0 Å². The summed E-state index contributed by atoms with van der Waals surface area (Å²) in [5, 5.41) is 11.6. The summed E-state index contributed by atoms with van der Waals surface area (Å²) in [6, 6.07) is 8.21. The number of fused-ring (bicyclic) bond motifs is 1. The Kier molecular flexibility index (Phi) is 5.17. The number of hydrogen-bond donors (Lipinski definition) is 1. The maximum absolute atomic E-state index is 12.9. The summed E-state index contributed by atoms with van der Waals surface area (Å²) in [7, 11) is 0. The van der Waals surface area contributed by atoms with Crippen LogP contribution < -0.4 is 11.0 Å². The van der Waals surface area contributed by atoms with Gasteiger partial charge in [0.05, 0.1) is 12.5 Å². The van der Waals surface area contributed by atoms with Crippen LogP contribution in [0.15, 0.2) is 39.8 Å². The lowest BCUT2D eigenvalue weighted by Crippen LogP contribution is -2.35. The number of thiophene rings is 1. The molecule has 28 heavy (non-hydrogen) atoms. The van der Waals surface area contributed by atoms with E-state index in [2.05, 4.69) is 28.6 Å². The van der Waals surface area contributed by atoms with Crippen molar-refractivity contribution in [1.82, 2.24) is 19.7 Å². The van der Waals surface area contributed by atoms with Crippen molar-refractivity contribution in [1.29, 1.82) is 0 Å². The number of aryl methyl sites for hydroxylation is 2. The number of nitrogens with zero attached hydrogens (tertiary/aromatic N) is 3. The van der Waals surface area contributed by atoms with E-state index in [1.54, 1.807) is 15.9 Å². The van der Waals surface area contributed by atoms with Crippen molar-refractivity contribution >= 4 is 17.2 Å². The van der Waals surface area contributed by atoms with Gasteiger partial charge >= 0.3 is 5.69 Å². The monoisotopic (exact) mass is 396 g/mol. The second kappa shape index (κ2) is 7.75. The highest BCUT2D eigenvalue weighted by Gasteiger charge is 2.31. The second-order valence-corrected chi connectivity index (χ2v) is 8.20. The van der Waals surface area contributed by atoms with Gasteiger partial charge in [-0.25, -0.2) is 9.48 Å². The molecule has 1 unspecified atom stereocenters. The minimum Gasteiger partial charge on any atom is -0.351 e. The van der Waals surface area contributed by atoms with Gasteiger partial charge in [0.2, 0.25) is 5.91 Å². The molecule has 1 atom stereocenters. The zero-order valence-electron chi connectivity index (χ0n) is 16.1. The maximum atomic E-state index is 12.9. The lowest BCUT2D eigenvalue weighted by atomic mass is 9.98. The van der Waals surface area contributed by atoms with Crippen molar-refractivity contribution in [2.45, 2.75) is 52.2 Å². The van der Waals surface area contributed by atoms with Gasteiger partial charge in [-0.05, 0) is 60.2 Å². The van der Waals surface area contributed by atoms with E-state index in [9.17, 15) is 9.59 Å². The molecule has 1 amide bonds. The molecule has 0 radical (unpaired) electrons. The molecule has 0 aliphatic carbocycles. The largest absolute Gasteiger partial charge is 0.351 e. The molecule has 1 aromatic carbocycles. The lowest BCUT2D eigenvalue weighted by molar-refractivity contribution is -0.123. The van der Waals surface area contributed by atoms with Gasteiger partial charge in [-0.15, -0.1) is 0 Å². The summed E-state index contributed by atoms with van der Waals surface area (Å²) in [5.41, 5.74) is 4.33. The zero-order chi connectivity index (χ0) is 19.7. The quantitative estimate of drug-likeness (QED) is 0.721. The van der Waals surface area contributed by atoms with Crippen molar-refractivity contribution < 1.29 is 4.79 Å². The standard InChI is InChI=1S/C21H24N4O2S/c1-14-5-6-15(2)17(10-14)12-25-21(27)24-8-3-4-18(19(24)23-25)20(26)22-11-16-7-9-28-13-16/h5-7,9-10,13,18H,3-4,8,11-12H2,1-2H3,(H,22,26). The predicted octanol–water partition coefficient (Wildman–Crippen LogP) is 2.97. The molecule has 7 heteroatoms. The molecule has 0 saturated heterocycles. The molecule has 0 fully saturated rings. The van der Waals surface area contributed by atoms with E-state index in [-0.39, 0.29) is 17.5 Å². The van der Waals surface area contributed by atoms with Crippen LogP contribution in [0.1, 0.15) is 46.8 Å². The first-order chi connectivity index (χ1) is 13.5. The maximum Gasteiger partial charge on any atom is 0.346 e. The van der Waals surface area contributed by atoms with E-state index in [1.807, 2.05) is 30.7 Å². The van der Waals surface area contributed by atoms with E-state index in [1.165, 1.54) is 4.68 Å². The third-order valence-corrected chi connectivity index (χ3v) is 6.06. The smallest absolute Gasteiger partial charge is 0.346 e.